The number of hydrogen-bond donors (Lipinski definition) is 0. The zero-order chi connectivity index (χ0) is 22.4. The number of halogens is 1. The van der Waals surface area contributed by atoms with Crippen molar-refractivity contribution in [2.75, 3.05) is 20.8 Å². The summed E-state index contributed by atoms with van der Waals surface area (Å²) in [5.41, 5.74) is 1.98. The average molecular weight is 425 g/mol. The molecule has 31 heavy (non-hydrogen) atoms. The summed E-state index contributed by atoms with van der Waals surface area (Å²) in [6.45, 7) is 2.60. The van der Waals surface area contributed by atoms with Gasteiger partial charge in [-0.1, -0.05) is 30.3 Å². The van der Waals surface area contributed by atoms with Crippen molar-refractivity contribution < 1.29 is 28.2 Å². The van der Waals surface area contributed by atoms with Gasteiger partial charge in [-0.15, -0.1) is 0 Å². The minimum Gasteiger partial charge on any atom is -0.494 e. The molecule has 0 bridgehead atoms. The zero-order valence-corrected chi connectivity index (χ0v) is 17.6. The molecule has 0 amide bonds. The molecule has 0 aliphatic carbocycles. The Hall–Kier alpha value is -3.61. The van der Waals surface area contributed by atoms with Crippen molar-refractivity contribution in [3.63, 3.8) is 0 Å². The number of esters is 2. The number of carbonyl (C=O) groups is 2. The minimum atomic E-state index is -0.730. The molecule has 3 rings (SSSR count). The number of rotatable bonds is 7. The largest absolute Gasteiger partial charge is 0.494 e. The van der Waals surface area contributed by atoms with E-state index in [0.29, 0.717) is 24.5 Å². The van der Waals surface area contributed by atoms with E-state index in [4.69, 9.17) is 14.2 Å². The molecule has 162 valence electrons. The molecule has 0 saturated carbocycles. The van der Waals surface area contributed by atoms with Crippen molar-refractivity contribution in [3.8, 4) is 5.75 Å². The smallest absolute Gasteiger partial charge is 0.336 e. The van der Waals surface area contributed by atoms with E-state index in [0.717, 1.165) is 5.56 Å². The van der Waals surface area contributed by atoms with Gasteiger partial charge in [-0.05, 0) is 30.7 Å². The van der Waals surface area contributed by atoms with E-state index in [1.165, 1.54) is 26.4 Å². The molecular weight excluding hydrogens is 401 g/mol. The first-order chi connectivity index (χ1) is 15.0. The normalized spacial score (nSPS) is 13.9. The van der Waals surface area contributed by atoms with Crippen molar-refractivity contribution in [1.82, 2.24) is 4.90 Å². The summed E-state index contributed by atoms with van der Waals surface area (Å²) in [5.74, 6) is -1.66. The number of methoxy groups -OCH3 is 2. The molecule has 6 nitrogen and oxygen atoms in total. The van der Waals surface area contributed by atoms with E-state index < -0.39 is 17.9 Å². The third-order valence-electron chi connectivity index (χ3n) is 4.88. The van der Waals surface area contributed by atoms with Crippen LogP contribution in [0.4, 0.5) is 4.39 Å². The molecule has 0 aromatic heterocycles. The molecule has 1 heterocycles. The lowest BCUT2D eigenvalue weighted by atomic mass is 9.82. The van der Waals surface area contributed by atoms with Crippen LogP contribution >= 0.6 is 0 Å². The summed E-state index contributed by atoms with van der Waals surface area (Å²) in [5, 5.41) is 0. The third kappa shape index (κ3) is 4.94. The molecular formula is C24H24FNO5. The van der Waals surface area contributed by atoms with Crippen LogP contribution in [0.3, 0.4) is 0 Å². The summed E-state index contributed by atoms with van der Waals surface area (Å²) in [7, 11) is 2.57. The predicted octanol–water partition coefficient (Wildman–Crippen LogP) is 3.94. The van der Waals surface area contributed by atoms with Crippen LogP contribution in [-0.4, -0.2) is 37.7 Å². The van der Waals surface area contributed by atoms with Crippen LogP contribution in [-0.2, 0) is 25.6 Å². The summed E-state index contributed by atoms with van der Waals surface area (Å²) >= 11 is 0. The summed E-state index contributed by atoms with van der Waals surface area (Å²) < 4.78 is 29.0. The molecule has 2 aromatic rings. The van der Waals surface area contributed by atoms with E-state index in [1.54, 1.807) is 41.6 Å². The Labute approximate surface area is 180 Å². The Morgan fingerprint density at radius 1 is 0.935 bits per heavy atom. The van der Waals surface area contributed by atoms with Gasteiger partial charge in [0.25, 0.3) is 0 Å². The molecule has 2 aromatic carbocycles. The third-order valence-corrected chi connectivity index (χ3v) is 4.88. The van der Waals surface area contributed by atoms with E-state index in [2.05, 4.69) is 0 Å². The maximum absolute atomic E-state index is 13.3. The van der Waals surface area contributed by atoms with E-state index in [1.807, 2.05) is 19.1 Å². The van der Waals surface area contributed by atoms with Gasteiger partial charge in [-0.2, -0.15) is 0 Å². The molecule has 0 unspecified atom stereocenters. The number of ether oxygens (including phenoxy) is 3. The maximum atomic E-state index is 13.3. The fourth-order valence-corrected chi connectivity index (χ4v) is 3.52. The van der Waals surface area contributed by atoms with Crippen molar-refractivity contribution in [1.29, 1.82) is 0 Å². The first-order valence-electron chi connectivity index (χ1n) is 9.80. The summed E-state index contributed by atoms with van der Waals surface area (Å²) in [6, 6.07) is 13.2. The lowest BCUT2D eigenvalue weighted by molar-refractivity contribution is -0.137. The van der Waals surface area contributed by atoms with Gasteiger partial charge in [0.05, 0.1) is 37.9 Å². The monoisotopic (exact) mass is 425 g/mol. The van der Waals surface area contributed by atoms with Gasteiger partial charge < -0.3 is 19.1 Å². The van der Waals surface area contributed by atoms with Crippen LogP contribution < -0.4 is 4.74 Å². The Morgan fingerprint density at radius 2 is 1.52 bits per heavy atom. The molecule has 0 fully saturated rings. The quantitative estimate of drug-likeness (QED) is 0.626. The van der Waals surface area contributed by atoms with Gasteiger partial charge in [-0.25, -0.2) is 14.0 Å². The van der Waals surface area contributed by atoms with Crippen LogP contribution in [0.2, 0.25) is 0 Å². The highest BCUT2D eigenvalue weighted by molar-refractivity contribution is 5.98. The topological polar surface area (TPSA) is 65.1 Å². The van der Waals surface area contributed by atoms with Gasteiger partial charge in [0.1, 0.15) is 11.6 Å². The predicted molar refractivity (Wildman–Crippen MR) is 112 cm³/mol. The van der Waals surface area contributed by atoms with Gasteiger partial charge in [0.2, 0.25) is 0 Å². The van der Waals surface area contributed by atoms with E-state index >= 15 is 0 Å². The second kappa shape index (κ2) is 9.93. The highest BCUT2D eigenvalue weighted by Crippen LogP contribution is 2.41. The van der Waals surface area contributed by atoms with Crippen LogP contribution in [0.5, 0.6) is 5.75 Å². The Bertz CT molecular complexity index is 979. The number of nitrogens with zero attached hydrogens (tertiary/aromatic N) is 1. The van der Waals surface area contributed by atoms with Crippen LogP contribution in [0.25, 0.3) is 0 Å². The number of benzene rings is 2. The van der Waals surface area contributed by atoms with Gasteiger partial charge in [0.15, 0.2) is 0 Å². The van der Waals surface area contributed by atoms with Gasteiger partial charge >= 0.3 is 11.9 Å². The zero-order valence-electron chi connectivity index (χ0n) is 17.6. The Kier molecular flexibility index (Phi) is 7.07. The van der Waals surface area contributed by atoms with Crippen molar-refractivity contribution in [3.05, 3.63) is 89.0 Å². The highest BCUT2D eigenvalue weighted by Gasteiger charge is 2.36. The molecule has 0 spiro atoms. The molecule has 0 N–H and O–H groups in total. The van der Waals surface area contributed by atoms with Crippen LogP contribution in [0, 0.1) is 5.82 Å². The molecule has 0 radical (unpaired) electrons. The van der Waals surface area contributed by atoms with Gasteiger partial charge in [-0.3, -0.25) is 0 Å². The maximum Gasteiger partial charge on any atom is 0.336 e. The Balaban J connectivity index is 2.10. The molecule has 1 aliphatic rings. The van der Waals surface area contributed by atoms with Gasteiger partial charge in [0, 0.05) is 24.5 Å². The van der Waals surface area contributed by atoms with E-state index in [-0.39, 0.29) is 17.0 Å². The summed E-state index contributed by atoms with van der Waals surface area (Å²) in [4.78, 5) is 27.1. The number of para-hydroxylation sites is 1. The first kappa shape index (κ1) is 22.1. The lowest BCUT2D eigenvalue weighted by Gasteiger charge is -2.30. The SMILES string of the molecule is CCOc1ccccc1C1C(C(=O)OC)=CN(Cc2ccc(F)cc2)C=C1C(=O)OC. The second-order valence-corrected chi connectivity index (χ2v) is 6.85. The standard InChI is InChI=1S/C24H24FNO5/c1-4-31-21-8-6-5-7-18(21)22-19(23(27)29-2)14-26(15-20(22)24(28)30-3)13-16-9-11-17(25)12-10-16/h5-12,14-15,22H,4,13H2,1-3H3. The average Bonchev–Trinajstić information content (AvgIpc) is 2.79. The van der Waals surface area contributed by atoms with Crippen molar-refractivity contribution >= 4 is 11.9 Å². The van der Waals surface area contributed by atoms with Crippen molar-refractivity contribution in [2.45, 2.75) is 19.4 Å². The van der Waals surface area contributed by atoms with E-state index in [9.17, 15) is 14.0 Å². The number of carbonyl (C=O) groups excluding carboxylic acids is 2. The fourth-order valence-electron chi connectivity index (χ4n) is 3.52. The number of hydrogen-bond acceptors (Lipinski definition) is 6. The van der Waals surface area contributed by atoms with Crippen molar-refractivity contribution in [2.24, 2.45) is 0 Å². The summed E-state index contributed by atoms with van der Waals surface area (Å²) in [6.07, 6.45) is 3.27. The fraction of sp³-hybridized carbons (Fsp3) is 0.250. The lowest BCUT2D eigenvalue weighted by Crippen LogP contribution is -2.29. The molecule has 0 atom stereocenters. The second-order valence-electron chi connectivity index (χ2n) is 6.85. The molecule has 1 aliphatic heterocycles. The molecule has 7 heteroatoms. The Morgan fingerprint density at radius 3 is 2.06 bits per heavy atom. The van der Waals surface area contributed by atoms with Crippen LogP contribution in [0.1, 0.15) is 24.0 Å². The minimum absolute atomic E-state index is 0.264. The highest BCUT2D eigenvalue weighted by atomic mass is 19.1. The van der Waals surface area contributed by atoms with Crippen LogP contribution in [0.15, 0.2) is 72.1 Å². The molecule has 0 saturated heterocycles. The first-order valence-corrected chi connectivity index (χ1v) is 9.80.